The van der Waals surface area contributed by atoms with Gasteiger partial charge in [0.2, 0.25) is 5.91 Å². The molecular weight excluding hydrogens is 426 g/mol. The van der Waals surface area contributed by atoms with Crippen LogP contribution in [0.2, 0.25) is 0 Å². The molecule has 3 amide bonds. The fourth-order valence-corrected chi connectivity index (χ4v) is 4.15. The van der Waals surface area contributed by atoms with Crippen LogP contribution < -0.4 is 15.1 Å². The van der Waals surface area contributed by atoms with Gasteiger partial charge in [-0.3, -0.25) is 14.4 Å². The molecule has 0 aromatic heterocycles. The van der Waals surface area contributed by atoms with E-state index in [2.05, 4.69) is 12.2 Å². The monoisotopic (exact) mass is 453 g/mol. The molecular formula is C28H27N3O3. The molecule has 4 rings (SSSR count). The highest BCUT2D eigenvalue weighted by Gasteiger charge is 2.42. The number of nitrogens with zero attached hydrogens (tertiary/aromatic N) is 2. The smallest absolute Gasteiger partial charge is 0.282 e. The molecule has 1 heterocycles. The molecule has 3 aromatic carbocycles. The second kappa shape index (κ2) is 9.75. The van der Waals surface area contributed by atoms with Crippen molar-refractivity contribution < 1.29 is 14.4 Å². The number of imide groups is 1. The van der Waals surface area contributed by atoms with E-state index in [1.54, 1.807) is 24.3 Å². The quantitative estimate of drug-likeness (QED) is 0.510. The van der Waals surface area contributed by atoms with E-state index >= 15 is 0 Å². The second-order valence-electron chi connectivity index (χ2n) is 8.03. The molecule has 172 valence electrons. The Labute approximate surface area is 199 Å². The summed E-state index contributed by atoms with van der Waals surface area (Å²) in [5.41, 5.74) is 4.41. The molecule has 0 unspecified atom stereocenters. The average molecular weight is 454 g/mol. The first-order chi connectivity index (χ1) is 16.4. The van der Waals surface area contributed by atoms with Gasteiger partial charge in [0.05, 0.1) is 11.3 Å². The lowest BCUT2D eigenvalue weighted by atomic mass is 10.0. The van der Waals surface area contributed by atoms with Gasteiger partial charge in [-0.25, -0.2) is 4.90 Å². The van der Waals surface area contributed by atoms with Crippen LogP contribution in [0.3, 0.4) is 0 Å². The number of amides is 3. The zero-order chi connectivity index (χ0) is 24.2. The molecule has 0 aliphatic carbocycles. The number of nitrogens with one attached hydrogen (secondary N) is 1. The van der Waals surface area contributed by atoms with Crippen LogP contribution in [-0.4, -0.2) is 24.3 Å². The van der Waals surface area contributed by atoms with Crippen LogP contribution in [0.5, 0.6) is 0 Å². The van der Waals surface area contributed by atoms with Gasteiger partial charge in [0, 0.05) is 24.8 Å². The molecule has 1 aliphatic heterocycles. The van der Waals surface area contributed by atoms with Crippen molar-refractivity contribution in [3.05, 3.63) is 95.7 Å². The van der Waals surface area contributed by atoms with E-state index in [1.165, 1.54) is 11.8 Å². The minimum Gasteiger partial charge on any atom is -0.337 e. The van der Waals surface area contributed by atoms with Crippen LogP contribution in [0, 0.1) is 0 Å². The third-order valence-corrected chi connectivity index (χ3v) is 5.81. The van der Waals surface area contributed by atoms with E-state index in [-0.39, 0.29) is 17.7 Å². The fraction of sp³-hybridized carbons (Fsp3) is 0.179. The Morgan fingerprint density at radius 2 is 1.50 bits per heavy atom. The third-order valence-electron chi connectivity index (χ3n) is 5.81. The molecule has 0 atom stereocenters. The van der Waals surface area contributed by atoms with E-state index in [0.29, 0.717) is 34.8 Å². The maximum absolute atomic E-state index is 13.8. The number of hydrogen-bond donors (Lipinski definition) is 1. The number of para-hydroxylation sites is 1. The van der Waals surface area contributed by atoms with Crippen molar-refractivity contribution in [2.75, 3.05) is 21.7 Å². The normalized spacial score (nSPS) is 13.4. The van der Waals surface area contributed by atoms with Gasteiger partial charge < -0.3 is 10.2 Å². The Hall–Kier alpha value is -4.19. The highest BCUT2D eigenvalue weighted by atomic mass is 16.2. The van der Waals surface area contributed by atoms with Crippen LogP contribution in [0.1, 0.15) is 31.9 Å². The number of carbonyl (C=O) groups excluding carboxylic acids is 3. The number of likely N-dealkylation sites (N-methyl/N-ethyl adjacent to an activating group) is 1. The average Bonchev–Trinajstić information content (AvgIpc) is 3.10. The maximum atomic E-state index is 13.8. The van der Waals surface area contributed by atoms with Gasteiger partial charge in [-0.1, -0.05) is 49.4 Å². The van der Waals surface area contributed by atoms with Gasteiger partial charge in [0.1, 0.15) is 5.70 Å². The number of carbonyl (C=O) groups is 3. The zero-order valence-corrected chi connectivity index (χ0v) is 19.5. The Balaban J connectivity index is 1.84. The molecule has 34 heavy (non-hydrogen) atoms. The number of hydrogen-bond acceptors (Lipinski definition) is 4. The first-order valence-electron chi connectivity index (χ1n) is 11.4. The summed E-state index contributed by atoms with van der Waals surface area (Å²) in [4.78, 5) is 42.1. The first kappa shape index (κ1) is 23.0. The van der Waals surface area contributed by atoms with Crippen LogP contribution in [0.4, 0.5) is 17.1 Å². The second-order valence-corrected chi connectivity index (χ2v) is 8.03. The third kappa shape index (κ3) is 4.35. The predicted octanol–water partition coefficient (Wildman–Crippen LogP) is 5.02. The summed E-state index contributed by atoms with van der Waals surface area (Å²) in [6.07, 6.45) is 0.870. The topological polar surface area (TPSA) is 69.7 Å². The lowest BCUT2D eigenvalue weighted by Gasteiger charge is -2.25. The minimum atomic E-state index is -0.370. The summed E-state index contributed by atoms with van der Waals surface area (Å²) in [5, 5.41) is 2.73. The summed E-state index contributed by atoms with van der Waals surface area (Å²) in [6.45, 7) is 5.96. The van der Waals surface area contributed by atoms with E-state index in [9.17, 15) is 14.4 Å². The van der Waals surface area contributed by atoms with Crippen molar-refractivity contribution in [2.24, 2.45) is 0 Å². The Morgan fingerprint density at radius 3 is 2.06 bits per heavy atom. The summed E-state index contributed by atoms with van der Waals surface area (Å²) in [7, 11) is 0. The molecule has 0 saturated heterocycles. The van der Waals surface area contributed by atoms with Crippen LogP contribution in [-0.2, 0) is 20.8 Å². The predicted molar refractivity (Wildman–Crippen MR) is 135 cm³/mol. The van der Waals surface area contributed by atoms with Crippen molar-refractivity contribution in [3.8, 4) is 0 Å². The Bertz CT molecular complexity index is 1250. The number of benzene rings is 3. The SMILES string of the molecule is CCc1ccc(N2C(=O)C(c3ccc(NC(C)=O)cc3)=C(N(CC)c3ccccc3)C2=O)cc1. The molecule has 6 nitrogen and oxygen atoms in total. The standard InChI is InChI=1S/C28H27N3O3/c1-4-20-11-17-24(18-12-20)31-27(33)25(21-13-15-22(16-14-21)29-19(3)32)26(28(31)34)30(5-2)23-9-7-6-8-10-23/h6-18H,4-5H2,1-3H3,(H,29,32). The van der Waals surface area contributed by atoms with Crippen molar-refractivity contribution >= 4 is 40.4 Å². The summed E-state index contributed by atoms with van der Waals surface area (Å²) < 4.78 is 0. The van der Waals surface area contributed by atoms with Crippen molar-refractivity contribution in [1.29, 1.82) is 0 Å². The number of anilines is 3. The lowest BCUT2D eigenvalue weighted by Crippen LogP contribution is -2.35. The number of aryl methyl sites for hydroxylation is 1. The van der Waals surface area contributed by atoms with E-state index in [0.717, 1.165) is 17.7 Å². The summed E-state index contributed by atoms with van der Waals surface area (Å²) in [6, 6.07) is 24.0. The first-order valence-corrected chi connectivity index (χ1v) is 11.4. The van der Waals surface area contributed by atoms with Crippen molar-refractivity contribution in [1.82, 2.24) is 0 Å². The van der Waals surface area contributed by atoms with E-state index in [4.69, 9.17) is 0 Å². The van der Waals surface area contributed by atoms with Gasteiger partial charge in [0.25, 0.3) is 11.8 Å². The summed E-state index contributed by atoms with van der Waals surface area (Å²) >= 11 is 0. The molecule has 1 N–H and O–H groups in total. The highest BCUT2D eigenvalue weighted by Crippen LogP contribution is 2.37. The molecule has 1 aliphatic rings. The van der Waals surface area contributed by atoms with Gasteiger partial charge >= 0.3 is 0 Å². The molecule has 0 bridgehead atoms. The maximum Gasteiger partial charge on any atom is 0.282 e. The molecule has 0 spiro atoms. The zero-order valence-electron chi connectivity index (χ0n) is 19.5. The van der Waals surface area contributed by atoms with Gasteiger partial charge in [-0.2, -0.15) is 0 Å². The minimum absolute atomic E-state index is 0.178. The Kier molecular flexibility index (Phi) is 6.59. The van der Waals surface area contributed by atoms with Gasteiger partial charge in [0.15, 0.2) is 0 Å². The summed E-state index contributed by atoms with van der Waals surface area (Å²) in [5.74, 6) is -0.908. The number of rotatable bonds is 7. The van der Waals surface area contributed by atoms with Crippen LogP contribution in [0.15, 0.2) is 84.6 Å². The molecule has 6 heteroatoms. The highest BCUT2D eigenvalue weighted by molar-refractivity contribution is 6.46. The molecule has 0 saturated carbocycles. The lowest BCUT2D eigenvalue weighted by molar-refractivity contribution is -0.120. The van der Waals surface area contributed by atoms with Crippen LogP contribution >= 0.6 is 0 Å². The van der Waals surface area contributed by atoms with E-state index in [1.807, 2.05) is 66.4 Å². The van der Waals surface area contributed by atoms with Crippen molar-refractivity contribution in [3.63, 3.8) is 0 Å². The molecule has 3 aromatic rings. The Morgan fingerprint density at radius 1 is 0.853 bits per heavy atom. The largest absolute Gasteiger partial charge is 0.337 e. The molecule has 0 radical (unpaired) electrons. The van der Waals surface area contributed by atoms with Crippen LogP contribution in [0.25, 0.3) is 5.57 Å². The van der Waals surface area contributed by atoms with Gasteiger partial charge in [-0.05, 0) is 60.9 Å². The van der Waals surface area contributed by atoms with E-state index < -0.39 is 0 Å². The fourth-order valence-electron chi connectivity index (χ4n) is 4.15. The van der Waals surface area contributed by atoms with Crippen molar-refractivity contribution in [2.45, 2.75) is 27.2 Å². The molecule has 0 fully saturated rings. The van der Waals surface area contributed by atoms with Gasteiger partial charge in [-0.15, -0.1) is 0 Å².